The second-order valence-corrected chi connectivity index (χ2v) is 5.65. The molecule has 0 aliphatic heterocycles. The summed E-state index contributed by atoms with van der Waals surface area (Å²) in [6, 6.07) is 5.46. The zero-order chi connectivity index (χ0) is 13.7. The molecule has 5 heteroatoms. The molecule has 0 spiro atoms. The molecule has 100 valence electrons. The van der Waals surface area contributed by atoms with Crippen molar-refractivity contribution in [1.82, 2.24) is 4.90 Å². The van der Waals surface area contributed by atoms with Crippen LogP contribution in [0.2, 0.25) is 5.02 Å². The lowest BCUT2D eigenvalue weighted by molar-refractivity contribution is -0.131. The van der Waals surface area contributed by atoms with Gasteiger partial charge in [0.1, 0.15) is 6.04 Å². The van der Waals surface area contributed by atoms with Crippen LogP contribution >= 0.6 is 34.2 Å². The highest BCUT2D eigenvalue weighted by Crippen LogP contribution is 2.24. The molecular weight excluding hydrogens is 363 g/mol. The van der Waals surface area contributed by atoms with E-state index < -0.39 is 0 Å². The summed E-state index contributed by atoms with van der Waals surface area (Å²) < 4.78 is 1.07. The molecule has 1 unspecified atom stereocenters. The lowest BCUT2D eigenvalue weighted by atomic mass is 10.2. The number of carbonyl (C=O) groups is 1. The first-order chi connectivity index (χ1) is 8.49. The topological polar surface area (TPSA) is 32.3 Å². The molecule has 1 aromatic rings. The van der Waals surface area contributed by atoms with E-state index in [9.17, 15) is 4.79 Å². The Morgan fingerprint density at radius 1 is 1.44 bits per heavy atom. The molecule has 0 aliphatic rings. The van der Waals surface area contributed by atoms with Crippen molar-refractivity contribution in [2.75, 3.05) is 18.4 Å². The van der Waals surface area contributed by atoms with Crippen LogP contribution in [0.25, 0.3) is 0 Å². The average molecular weight is 381 g/mol. The lowest BCUT2D eigenvalue weighted by Crippen LogP contribution is -2.41. The van der Waals surface area contributed by atoms with Crippen LogP contribution in [0.5, 0.6) is 0 Å². The first-order valence-electron chi connectivity index (χ1n) is 6.00. The SMILES string of the molecule is CCN(CC)C(=O)C(C)Nc1ccc(I)cc1Cl. The Morgan fingerprint density at radius 3 is 2.56 bits per heavy atom. The van der Waals surface area contributed by atoms with Crippen LogP contribution in [-0.4, -0.2) is 29.9 Å². The monoisotopic (exact) mass is 380 g/mol. The van der Waals surface area contributed by atoms with Crippen molar-refractivity contribution in [3.8, 4) is 0 Å². The minimum absolute atomic E-state index is 0.0922. The predicted octanol–water partition coefficient (Wildman–Crippen LogP) is 3.61. The number of rotatable bonds is 5. The summed E-state index contributed by atoms with van der Waals surface area (Å²) in [5.74, 6) is 0.0922. The van der Waals surface area contributed by atoms with Gasteiger partial charge in [-0.3, -0.25) is 4.79 Å². The quantitative estimate of drug-likeness (QED) is 0.792. The summed E-state index contributed by atoms with van der Waals surface area (Å²) in [7, 11) is 0. The number of amides is 1. The number of anilines is 1. The van der Waals surface area contributed by atoms with E-state index >= 15 is 0 Å². The van der Waals surface area contributed by atoms with Gasteiger partial charge in [0.25, 0.3) is 0 Å². The second kappa shape index (κ2) is 7.19. The first-order valence-corrected chi connectivity index (χ1v) is 7.45. The Morgan fingerprint density at radius 2 is 2.06 bits per heavy atom. The van der Waals surface area contributed by atoms with Gasteiger partial charge in [-0.25, -0.2) is 0 Å². The minimum atomic E-state index is -0.275. The highest BCUT2D eigenvalue weighted by atomic mass is 127. The van der Waals surface area contributed by atoms with Crippen LogP contribution in [0.15, 0.2) is 18.2 Å². The van der Waals surface area contributed by atoms with Crippen LogP contribution in [0.1, 0.15) is 20.8 Å². The number of hydrogen-bond donors (Lipinski definition) is 1. The van der Waals surface area contributed by atoms with Crippen molar-refractivity contribution in [1.29, 1.82) is 0 Å². The largest absolute Gasteiger partial charge is 0.373 e. The standard InChI is InChI=1S/C13H18ClIN2O/c1-4-17(5-2)13(18)9(3)16-12-7-6-10(15)8-11(12)14/h6-9,16H,4-5H2,1-3H3. The summed E-state index contributed by atoms with van der Waals surface area (Å²) in [5.41, 5.74) is 0.796. The molecule has 0 aromatic heterocycles. The van der Waals surface area contributed by atoms with E-state index in [2.05, 4.69) is 27.9 Å². The van der Waals surface area contributed by atoms with Gasteiger partial charge in [-0.1, -0.05) is 11.6 Å². The molecule has 1 aromatic carbocycles. The van der Waals surface area contributed by atoms with Gasteiger partial charge in [-0.05, 0) is 61.6 Å². The molecule has 1 N–H and O–H groups in total. The van der Waals surface area contributed by atoms with Crippen LogP contribution in [0.4, 0.5) is 5.69 Å². The zero-order valence-corrected chi connectivity index (χ0v) is 13.7. The highest BCUT2D eigenvalue weighted by Gasteiger charge is 2.18. The van der Waals surface area contributed by atoms with Gasteiger partial charge in [0.15, 0.2) is 0 Å². The van der Waals surface area contributed by atoms with Gasteiger partial charge < -0.3 is 10.2 Å². The van der Waals surface area contributed by atoms with Crippen molar-refractivity contribution in [3.63, 3.8) is 0 Å². The molecule has 0 bridgehead atoms. The molecule has 0 saturated heterocycles. The van der Waals surface area contributed by atoms with Crippen molar-refractivity contribution < 1.29 is 4.79 Å². The number of likely N-dealkylation sites (N-methyl/N-ethyl adjacent to an activating group) is 1. The molecule has 1 amide bonds. The molecule has 0 radical (unpaired) electrons. The van der Waals surface area contributed by atoms with Crippen LogP contribution in [0, 0.1) is 3.57 Å². The maximum absolute atomic E-state index is 12.1. The number of benzene rings is 1. The van der Waals surface area contributed by atoms with Gasteiger partial charge in [0.2, 0.25) is 5.91 Å². The van der Waals surface area contributed by atoms with Gasteiger partial charge in [-0.15, -0.1) is 0 Å². The zero-order valence-electron chi connectivity index (χ0n) is 10.8. The molecule has 0 saturated carbocycles. The van der Waals surface area contributed by atoms with E-state index in [0.717, 1.165) is 22.3 Å². The van der Waals surface area contributed by atoms with Crippen LogP contribution in [0.3, 0.4) is 0 Å². The molecule has 1 atom stereocenters. The third kappa shape index (κ3) is 4.02. The number of hydrogen-bond acceptors (Lipinski definition) is 2. The minimum Gasteiger partial charge on any atom is -0.373 e. The Kier molecular flexibility index (Phi) is 6.21. The van der Waals surface area contributed by atoms with Crippen molar-refractivity contribution in [3.05, 3.63) is 26.8 Å². The van der Waals surface area contributed by atoms with E-state index in [-0.39, 0.29) is 11.9 Å². The summed E-state index contributed by atoms with van der Waals surface area (Å²) in [5, 5.41) is 3.80. The molecule has 0 heterocycles. The van der Waals surface area contributed by atoms with E-state index in [1.807, 2.05) is 39.0 Å². The summed E-state index contributed by atoms with van der Waals surface area (Å²) in [6.45, 7) is 7.26. The third-order valence-electron chi connectivity index (χ3n) is 2.75. The highest BCUT2D eigenvalue weighted by molar-refractivity contribution is 14.1. The Hall–Kier alpha value is -0.490. The second-order valence-electron chi connectivity index (χ2n) is 4.00. The van der Waals surface area contributed by atoms with Gasteiger partial charge >= 0.3 is 0 Å². The Bertz CT molecular complexity index is 421. The Balaban J connectivity index is 2.75. The fraction of sp³-hybridized carbons (Fsp3) is 0.462. The van der Waals surface area contributed by atoms with Gasteiger partial charge in [0, 0.05) is 16.7 Å². The van der Waals surface area contributed by atoms with Gasteiger partial charge in [-0.2, -0.15) is 0 Å². The van der Waals surface area contributed by atoms with E-state index in [0.29, 0.717) is 5.02 Å². The maximum Gasteiger partial charge on any atom is 0.244 e. The lowest BCUT2D eigenvalue weighted by Gasteiger charge is -2.24. The number of nitrogens with zero attached hydrogens (tertiary/aromatic N) is 1. The predicted molar refractivity (Wildman–Crippen MR) is 85.2 cm³/mol. The van der Waals surface area contributed by atoms with E-state index in [1.165, 1.54) is 0 Å². The van der Waals surface area contributed by atoms with Crippen LogP contribution in [-0.2, 0) is 4.79 Å². The first kappa shape index (κ1) is 15.6. The van der Waals surface area contributed by atoms with Crippen molar-refractivity contribution in [2.45, 2.75) is 26.8 Å². The normalized spacial score (nSPS) is 12.1. The summed E-state index contributed by atoms with van der Waals surface area (Å²) >= 11 is 8.34. The smallest absolute Gasteiger partial charge is 0.244 e. The molecule has 1 rings (SSSR count). The summed E-state index contributed by atoms with van der Waals surface area (Å²) in [6.07, 6.45) is 0. The molecule has 3 nitrogen and oxygen atoms in total. The molecule has 0 aliphatic carbocycles. The van der Waals surface area contributed by atoms with E-state index in [1.54, 1.807) is 4.90 Å². The number of carbonyl (C=O) groups excluding carboxylic acids is 1. The average Bonchev–Trinajstić information content (AvgIpc) is 2.34. The number of nitrogens with one attached hydrogen (secondary N) is 1. The Labute approximate surface area is 127 Å². The van der Waals surface area contributed by atoms with Crippen LogP contribution < -0.4 is 5.32 Å². The molecule has 0 fully saturated rings. The molecular formula is C13H18ClIN2O. The van der Waals surface area contributed by atoms with Gasteiger partial charge in [0.05, 0.1) is 10.7 Å². The fourth-order valence-electron chi connectivity index (χ4n) is 1.71. The fourth-order valence-corrected chi connectivity index (χ4v) is 2.62. The van der Waals surface area contributed by atoms with Crippen molar-refractivity contribution in [2.24, 2.45) is 0 Å². The number of halogens is 2. The van der Waals surface area contributed by atoms with E-state index in [4.69, 9.17) is 11.6 Å². The maximum atomic E-state index is 12.1. The summed E-state index contributed by atoms with van der Waals surface area (Å²) in [4.78, 5) is 13.9. The third-order valence-corrected chi connectivity index (χ3v) is 3.73. The van der Waals surface area contributed by atoms with Crippen molar-refractivity contribution >= 4 is 45.8 Å². The molecule has 18 heavy (non-hydrogen) atoms.